The third kappa shape index (κ3) is 2.97. The van der Waals surface area contributed by atoms with Crippen molar-refractivity contribution in [1.82, 2.24) is 0 Å². The van der Waals surface area contributed by atoms with Crippen LogP contribution >= 0.6 is 11.8 Å². The zero-order valence-corrected chi connectivity index (χ0v) is 12.9. The summed E-state index contributed by atoms with van der Waals surface area (Å²) in [5.41, 5.74) is 9.03. The molecule has 106 valence electrons. The molecule has 0 aliphatic rings. The minimum Gasteiger partial charge on any atom is -0.324 e. The summed E-state index contributed by atoms with van der Waals surface area (Å²) in [5, 5.41) is 2.58. The van der Waals surface area contributed by atoms with Gasteiger partial charge in [0.05, 0.1) is 0 Å². The average Bonchev–Trinajstić information content (AvgIpc) is 2.55. The van der Waals surface area contributed by atoms with E-state index in [1.807, 2.05) is 0 Å². The predicted octanol–water partition coefficient (Wildman–Crippen LogP) is 4.80. The Morgan fingerprint density at radius 1 is 0.905 bits per heavy atom. The van der Waals surface area contributed by atoms with Gasteiger partial charge in [-0.25, -0.2) is 0 Å². The molecular weight excluding hydrogens is 274 g/mol. The number of nitrogens with two attached hydrogens (primary N) is 1. The van der Waals surface area contributed by atoms with Gasteiger partial charge in [-0.2, -0.15) is 0 Å². The van der Waals surface area contributed by atoms with Crippen molar-refractivity contribution in [3.05, 3.63) is 77.9 Å². The Hall–Kier alpha value is -1.77. The van der Waals surface area contributed by atoms with Crippen LogP contribution in [0.3, 0.4) is 0 Å². The number of thioether (sulfide) groups is 1. The molecule has 0 aliphatic heterocycles. The molecule has 3 rings (SSSR count). The first-order valence-corrected chi connectivity index (χ1v) is 8.37. The van der Waals surface area contributed by atoms with Gasteiger partial charge in [0, 0.05) is 10.9 Å². The molecule has 0 aromatic heterocycles. The second-order valence-corrected chi connectivity index (χ2v) is 6.04. The fraction of sp³-hybridized carbons (Fsp3) is 0.158. The van der Waals surface area contributed by atoms with Gasteiger partial charge < -0.3 is 5.73 Å². The lowest BCUT2D eigenvalue weighted by Crippen LogP contribution is -2.14. The van der Waals surface area contributed by atoms with Crippen LogP contribution in [0.2, 0.25) is 0 Å². The van der Waals surface area contributed by atoms with Crippen LogP contribution in [0.15, 0.2) is 71.6 Å². The van der Waals surface area contributed by atoms with Crippen molar-refractivity contribution in [2.24, 2.45) is 5.73 Å². The van der Waals surface area contributed by atoms with Gasteiger partial charge in [-0.15, -0.1) is 11.8 Å². The topological polar surface area (TPSA) is 26.0 Å². The Kier molecular flexibility index (Phi) is 4.28. The van der Waals surface area contributed by atoms with Crippen LogP contribution in [0.1, 0.15) is 17.2 Å². The predicted molar refractivity (Wildman–Crippen MR) is 92.8 cm³/mol. The molecule has 0 saturated carbocycles. The Morgan fingerprint density at radius 3 is 2.48 bits per heavy atom. The van der Waals surface area contributed by atoms with E-state index in [-0.39, 0.29) is 6.04 Å². The Labute approximate surface area is 130 Å². The van der Waals surface area contributed by atoms with Gasteiger partial charge in [-0.3, -0.25) is 0 Å². The second-order valence-electron chi connectivity index (χ2n) is 5.19. The van der Waals surface area contributed by atoms with E-state index in [0.717, 1.165) is 6.42 Å². The number of fused-ring (bicyclic) bond motifs is 1. The highest BCUT2D eigenvalue weighted by Crippen LogP contribution is 2.28. The monoisotopic (exact) mass is 293 g/mol. The average molecular weight is 293 g/mol. The number of hydrogen-bond acceptors (Lipinski definition) is 2. The number of hydrogen-bond donors (Lipinski definition) is 1. The summed E-state index contributed by atoms with van der Waals surface area (Å²) in [4.78, 5) is 1.27. The van der Waals surface area contributed by atoms with E-state index in [1.165, 1.54) is 26.8 Å². The maximum absolute atomic E-state index is 6.48. The van der Waals surface area contributed by atoms with E-state index in [0.29, 0.717) is 0 Å². The summed E-state index contributed by atoms with van der Waals surface area (Å²) in [6, 6.07) is 23.4. The summed E-state index contributed by atoms with van der Waals surface area (Å²) >= 11 is 1.76. The van der Waals surface area contributed by atoms with Crippen molar-refractivity contribution in [2.75, 3.05) is 6.26 Å². The Bertz CT molecular complexity index is 746. The molecule has 0 radical (unpaired) electrons. The highest BCUT2D eigenvalue weighted by atomic mass is 32.2. The molecule has 3 aromatic rings. The van der Waals surface area contributed by atoms with Crippen molar-refractivity contribution in [3.63, 3.8) is 0 Å². The molecule has 0 spiro atoms. The normalized spacial score (nSPS) is 12.5. The zero-order valence-electron chi connectivity index (χ0n) is 12.1. The molecule has 0 aliphatic carbocycles. The third-order valence-corrected chi connectivity index (χ3v) is 4.67. The molecule has 2 N–H and O–H groups in total. The van der Waals surface area contributed by atoms with Gasteiger partial charge in [0.25, 0.3) is 0 Å². The molecule has 3 aromatic carbocycles. The molecule has 1 nitrogen and oxygen atoms in total. The van der Waals surface area contributed by atoms with Crippen molar-refractivity contribution in [1.29, 1.82) is 0 Å². The minimum atomic E-state index is 0.0273. The van der Waals surface area contributed by atoms with Crippen molar-refractivity contribution in [3.8, 4) is 0 Å². The highest BCUT2D eigenvalue weighted by molar-refractivity contribution is 7.98. The third-order valence-electron chi connectivity index (χ3n) is 3.86. The summed E-state index contributed by atoms with van der Waals surface area (Å²) in [6.45, 7) is 0. The van der Waals surface area contributed by atoms with Crippen LogP contribution in [-0.4, -0.2) is 6.26 Å². The minimum absolute atomic E-state index is 0.0273. The number of benzene rings is 3. The van der Waals surface area contributed by atoms with E-state index >= 15 is 0 Å². The van der Waals surface area contributed by atoms with Gasteiger partial charge >= 0.3 is 0 Å². The lowest BCUT2D eigenvalue weighted by molar-refractivity contribution is 0.711. The van der Waals surface area contributed by atoms with Gasteiger partial charge in [0.1, 0.15) is 0 Å². The molecule has 1 unspecified atom stereocenters. The first-order valence-electron chi connectivity index (χ1n) is 7.14. The fourth-order valence-electron chi connectivity index (χ4n) is 2.79. The molecule has 0 heterocycles. The highest BCUT2D eigenvalue weighted by Gasteiger charge is 2.12. The van der Waals surface area contributed by atoms with Crippen LogP contribution in [-0.2, 0) is 6.42 Å². The summed E-state index contributed by atoms with van der Waals surface area (Å²) in [5.74, 6) is 0. The molecule has 21 heavy (non-hydrogen) atoms. The molecule has 0 fully saturated rings. The van der Waals surface area contributed by atoms with Gasteiger partial charge in [0.2, 0.25) is 0 Å². The molecule has 1 atom stereocenters. The van der Waals surface area contributed by atoms with Crippen LogP contribution in [0.5, 0.6) is 0 Å². The molecule has 0 amide bonds. The van der Waals surface area contributed by atoms with E-state index < -0.39 is 0 Å². The van der Waals surface area contributed by atoms with Crippen LogP contribution < -0.4 is 5.73 Å². The second kappa shape index (κ2) is 6.33. The van der Waals surface area contributed by atoms with Gasteiger partial charge in [0.15, 0.2) is 0 Å². The van der Waals surface area contributed by atoms with Crippen molar-refractivity contribution in [2.45, 2.75) is 17.4 Å². The SMILES string of the molecule is CSc1ccccc1C(N)Cc1cccc2ccccc12. The zero-order chi connectivity index (χ0) is 14.7. The van der Waals surface area contributed by atoms with E-state index in [9.17, 15) is 0 Å². The maximum Gasteiger partial charge on any atom is 0.0347 e. The van der Waals surface area contributed by atoms with E-state index in [2.05, 4.69) is 73.0 Å². The summed E-state index contributed by atoms with van der Waals surface area (Å²) in [7, 11) is 0. The summed E-state index contributed by atoms with van der Waals surface area (Å²) < 4.78 is 0. The largest absolute Gasteiger partial charge is 0.324 e. The Balaban J connectivity index is 1.95. The molecule has 2 heteroatoms. The van der Waals surface area contributed by atoms with Gasteiger partial charge in [-0.1, -0.05) is 60.7 Å². The molecule has 0 bridgehead atoms. The first-order chi connectivity index (χ1) is 10.3. The first kappa shape index (κ1) is 14.2. The number of rotatable bonds is 4. The lowest BCUT2D eigenvalue weighted by atomic mass is 9.95. The van der Waals surface area contributed by atoms with E-state index in [1.54, 1.807) is 11.8 Å². The smallest absolute Gasteiger partial charge is 0.0347 e. The van der Waals surface area contributed by atoms with E-state index in [4.69, 9.17) is 5.73 Å². The molecule has 0 saturated heterocycles. The quantitative estimate of drug-likeness (QED) is 0.699. The lowest BCUT2D eigenvalue weighted by Gasteiger charge is -2.16. The molecular formula is C19H19NS. The van der Waals surface area contributed by atoms with Crippen LogP contribution in [0.4, 0.5) is 0 Å². The fourth-order valence-corrected chi connectivity index (χ4v) is 3.46. The van der Waals surface area contributed by atoms with Crippen molar-refractivity contribution < 1.29 is 0 Å². The summed E-state index contributed by atoms with van der Waals surface area (Å²) in [6.07, 6.45) is 2.96. The standard InChI is InChI=1S/C19H19NS/c1-21-19-12-5-4-11-17(19)18(20)13-15-9-6-8-14-7-2-3-10-16(14)15/h2-12,18H,13,20H2,1H3. The Morgan fingerprint density at radius 2 is 1.62 bits per heavy atom. The van der Waals surface area contributed by atoms with Crippen molar-refractivity contribution >= 4 is 22.5 Å². The maximum atomic E-state index is 6.48. The van der Waals surface area contributed by atoms with Gasteiger partial charge in [-0.05, 0) is 40.6 Å². The van der Waals surface area contributed by atoms with Crippen LogP contribution in [0, 0.1) is 0 Å². The van der Waals surface area contributed by atoms with Crippen LogP contribution in [0.25, 0.3) is 10.8 Å².